The first-order valence-corrected chi connectivity index (χ1v) is 9.43. The van der Waals surface area contributed by atoms with Gasteiger partial charge in [-0.2, -0.15) is 0 Å². The smallest absolute Gasteiger partial charge is 0.258 e. The molecule has 1 amide bonds. The van der Waals surface area contributed by atoms with Crippen molar-refractivity contribution in [3.05, 3.63) is 40.4 Å². The molecule has 0 saturated carbocycles. The number of H-pyrrole nitrogens is 1. The van der Waals surface area contributed by atoms with Crippen molar-refractivity contribution in [2.24, 2.45) is 0 Å². The lowest BCUT2D eigenvalue weighted by molar-refractivity contribution is -0.120. The van der Waals surface area contributed by atoms with Crippen LogP contribution in [0.3, 0.4) is 0 Å². The van der Waals surface area contributed by atoms with Gasteiger partial charge in [-0.1, -0.05) is 12.1 Å². The van der Waals surface area contributed by atoms with Gasteiger partial charge in [-0.05, 0) is 31.5 Å². The Kier molecular flexibility index (Phi) is 4.99. The largest absolute Gasteiger partial charge is 0.355 e. The number of hydrogen-bond acceptors (Lipinski definition) is 5. The summed E-state index contributed by atoms with van der Waals surface area (Å²) in [5, 5.41) is 3.56. The Morgan fingerprint density at radius 3 is 2.92 bits per heavy atom. The second-order valence-electron chi connectivity index (χ2n) is 7.10. The van der Waals surface area contributed by atoms with Crippen LogP contribution in [0.15, 0.2) is 29.1 Å². The van der Waals surface area contributed by atoms with Crippen LogP contribution in [0.25, 0.3) is 10.9 Å². The topological polar surface area (TPSA) is 81.3 Å². The molecule has 0 aliphatic carbocycles. The minimum absolute atomic E-state index is 0.0606. The maximum Gasteiger partial charge on any atom is 0.258 e. The molecule has 138 valence electrons. The first kappa shape index (κ1) is 17.2. The number of amides is 1. The van der Waals surface area contributed by atoms with Gasteiger partial charge in [0.1, 0.15) is 5.82 Å². The van der Waals surface area contributed by atoms with E-state index >= 15 is 0 Å². The lowest BCUT2D eigenvalue weighted by atomic mass is 10.2. The molecule has 0 spiro atoms. The molecule has 1 atom stereocenters. The molecule has 0 radical (unpaired) electrons. The number of aromatic amines is 1. The van der Waals surface area contributed by atoms with Crippen LogP contribution < -0.4 is 10.9 Å². The van der Waals surface area contributed by atoms with Crippen molar-refractivity contribution < 1.29 is 4.79 Å². The highest BCUT2D eigenvalue weighted by Crippen LogP contribution is 2.29. The fourth-order valence-electron chi connectivity index (χ4n) is 3.97. The van der Waals surface area contributed by atoms with Crippen LogP contribution in [-0.4, -0.2) is 64.9 Å². The Morgan fingerprint density at radius 1 is 1.12 bits per heavy atom. The number of para-hydroxylation sites is 1. The Morgan fingerprint density at radius 2 is 2.00 bits per heavy atom. The molecule has 2 aromatic rings. The molecule has 1 aromatic heterocycles. The SMILES string of the molecule is O=C1CCN(CCN2CCCC2c2nc3ccccc3c(=O)[nH]2)CCN1. The molecular weight excluding hydrogens is 330 g/mol. The third-order valence-electron chi connectivity index (χ3n) is 5.42. The Labute approximate surface area is 152 Å². The first-order valence-electron chi connectivity index (χ1n) is 9.43. The van der Waals surface area contributed by atoms with Crippen molar-refractivity contribution in [3.63, 3.8) is 0 Å². The second-order valence-corrected chi connectivity index (χ2v) is 7.10. The van der Waals surface area contributed by atoms with E-state index in [1.807, 2.05) is 24.3 Å². The van der Waals surface area contributed by atoms with Gasteiger partial charge < -0.3 is 10.3 Å². The average Bonchev–Trinajstić information content (AvgIpc) is 3.02. The third kappa shape index (κ3) is 3.64. The summed E-state index contributed by atoms with van der Waals surface area (Å²) in [7, 11) is 0. The van der Waals surface area contributed by atoms with Gasteiger partial charge in [0.2, 0.25) is 5.91 Å². The predicted octanol–water partition coefficient (Wildman–Crippen LogP) is 0.882. The molecule has 2 aliphatic heterocycles. The molecular formula is C19H25N5O2. The zero-order valence-electron chi connectivity index (χ0n) is 14.9. The van der Waals surface area contributed by atoms with Crippen LogP contribution in [0, 0.1) is 0 Å². The van der Waals surface area contributed by atoms with Crippen molar-refractivity contribution >= 4 is 16.8 Å². The number of fused-ring (bicyclic) bond motifs is 1. The number of likely N-dealkylation sites (tertiary alicyclic amines) is 1. The summed E-state index contributed by atoms with van der Waals surface area (Å²) in [6.07, 6.45) is 2.70. The molecule has 4 rings (SSSR count). The molecule has 7 heteroatoms. The molecule has 26 heavy (non-hydrogen) atoms. The first-order chi connectivity index (χ1) is 12.7. The van der Waals surface area contributed by atoms with E-state index in [-0.39, 0.29) is 17.5 Å². The number of carbonyl (C=O) groups excluding carboxylic acids is 1. The number of hydrogen-bond donors (Lipinski definition) is 2. The Hall–Kier alpha value is -2.25. The monoisotopic (exact) mass is 355 g/mol. The zero-order valence-corrected chi connectivity index (χ0v) is 14.9. The number of nitrogens with zero attached hydrogens (tertiary/aromatic N) is 3. The maximum absolute atomic E-state index is 12.4. The Balaban J connectivity index is 1.46. The van der Waals surface area contributed by atoms with Crippen LogP contribution in [0.2, 0.25) is 0 Å². The summed E-state index contributed by atoms with van der Waals surface area (Å²) in [5.74, 6) is 0.920. The predicted molar refractivity (Wildman–Crippen MR) is 100.0 cm³/mol. The van der Waals surface area contributed by atoms with E-state index in [1.165, 1.54) is 0 Å². The molecule has 7 nitrogen and oxygen atoms in total. The average molecular weight is 355 g/mol. The van der Waals surface area contributed by atoms with Gasteiger partial charge in [0.15, 0.2) is 0 Å². The van der Waals surface area contributed by atoms with E-state index in [1.54, 1.807) is 0 Å². The highest BCUT2D eigenvalue weighted by atomic mass is 16.1. The van der Waals surface area contributed by atoms with Gasteiger partial charge in [-0.3, -0.25) is 19.4 Å². The van der Waals surface area contributed by atoms with Gasteiger partial charge in [0.25, 0.3) is 5.56 Å². The zero-order chi connectivity index (χ0) is 17.9. The number of carbonyl (C=O) groups is 1. The quantitative estimate of drug-likeness (QED) is 0.851. The number of aromatic nitrogens is 2. The summed E-state index contributed by atoms with van der Waals surface area (Å²) in [6, 6.07) is 7.65. The van der Waals surface area contributed by atoms with Crippen LogP contribution in [0.5, 0.6) is 0 Å². The highest BCUT2D eigenvalue weighted by Gasteiger charge is 2.28. The van der Waals surface area contributed by atoms with Gasteiger partial charge in [0, 0.05) is 39.1 Å². The maximum atomic E-state index is 12.4. The van der Waals surface area contributed by atoms with Crippen LogP contribution in [-0.2, 0) is 4.79 Å². The van der Waals surface area contributed by atoms with E-state index in [4.69, 9.17) is 4.98 Å². The van der Waals surface area contributed by atoms with Gasteiger partial charge in [0.05, 0.1) is 16.9 Å². The molecule has 1 aromatic carbocycles. The van der Waals surface area contributed by atoms with Crippen molar-refractivity contribution in [1.82, 2.24) is 25.1 Å². The van der Waals surface area contributed by atoms with E-state index in [0.717, 1.165) is 63.5 Å². The van der Waals surface area contributed by atoms with Crippen LogP contribution in [0.4, 0.5) is 0 Å². The molecule has 2 N–H and O–H groups in total. The van der Waals surface area contributed by atoms with Crippen LogP contribution >= 0.6 is 0 Å². The van der Waals surface area contributed by atoms with Crippen LogP contribution in [0.1, 0.15) is 31.1 Å². The lowest BCUT2D eigenvalue weighted by Crippen LogP contribution is -2.37. The summed E-state index contributed by atoms with van der Waals surface area (Å²) in [4.78, 5) is 36.3. The minimum Gasteiger partial charge on any atom is -0.355 e. The number of benzene rings is 1. The number of nitrogens with one attached hydrogen (secondary N) is 2. The van der Waals surface area contributed by atoms with E-state index in [0.29, 0.717) is 11.8 Å². The van der Waals surface area contributed by atoms with Gasteiger partial charge in [-0.25, -0.2) is 4.98 Å². The standard InChI is InChI=1S/C19H25N5O2/c25-17-7-10-23(11-8-20-17)12-13-24-9-3-6-16(24)18-21-15-5-2-1-4-14(15)19(26)22-18/h1-2,4-5,16H,3,6-13H2,(H,20,25)(H,21,22,26). The summed E-state index contributed by atoms with van der Waals surface area (Å²) in [5.41, 5.74) is 0.699. The number of rotatable bonds is 4. The van der Waals surface area contributed by atoms with E-state index < -0.39 is 0 Å². The fourth-order valence-corrected chi connectivity index (χ4v) is 3.97. The van der Waals surface area contributed by atoms with Crippen molar-refractivity contribution in [2.75, 3.05) is 39.3 Å². The minimum atomic E-state index is -0.0606. The molecule has 3 heterocycles. The summed E-state index contributed by atoms with van der Waals surface area (Å²) < 4.78 is 0. The molecule has 0 bridgehead atoms. The normalized spacial score (nSPS) is 22.5. The Bertz CT molecular complexity index is 849. The highest BCUT2D eigenvalue weighted by molar-refractivity contribution is 5.77. The van der Waals surface area contributed by atoms with Gasteiger partial charge in [-0.15, -0.1) is 0 Å². The van der Waals surface area contributed by atoms with Crippen molar-refractivity contribution in [2.45, 2.75) is 25.3 Å². The van der Waals surface area contributed by atoms with Crippen molar-refractivity contribution in [3.8, 4) is 0 Å². The molecule has 2 saturated heterocycles. The van der Waals surface area contributed by atoms with E-state index in [9.17, 15) is 9.59 Å². The molecule has 2 fully saturated rings. The summed E-state index contributed by atoms with van der Waals surface area (Å²) in [6.45, 7) is 5.32. The van der Waals surface area contributed by atoms with Crippen molar-refractivity contribution in [1.29, 1.82) is 0 Å². The summed E-state index contributed by atoms with van der Waals surface area (Å²) >= 11 is 0. The second kappa shape index (κ2) is 7.55. The third-order valence-corrected chi connectivity index (χ3v) is 5.42. The molecule has 1 unspecified atom stereocenters. The van der Waals surface area contributed by atoms with Gasteiger partial charge >= 0.3 is 0 Å². The molecule has 2 aliphatic rings. The lowest BCUT2D eigenvalue weighted by Gasteiger charge is -2.27. The fraction of sp³-hybridized carbons (Fsp3) is 0.526. The van der Waals surface area contributed by atoms with E-state index in [2.05, 4.69) is 20.1 Å².